The fourth-order valence-electron chi connectivity index (χ4n) is 2.69. The minimum Gasteiger partial charge on any atom is -0.489 e. The second kappa shape index (κ2) is 7.06. The van der Waals surface area contributed by atoms with E-state index in [1.54, 1.807) is 6.92 Å². The van der Waals surface area contributed by atoms with E-state index in [4.69, 9.17) is 4.74 Å². The lowest BCUT2D eigenvalue weighted by atomic mass is 10.0. The molecule has 0 atom stereocenters. The zero-order valence-corrected chi connectivity index (χ0v) is 14.2. The van der Waals surface area contributed by atoms with E-state index in [9.17, 15) is 10.1 Å². The molecule has 0 spiro atoms. The van der Waals surface area contributed by atoms with Crippen molar-refractivity contribution in [2.24, 2.45) is 0 Å². The van der Waals surface area contributed by atoms with Crippen LogP contribution < -0.4 is 10.3 Å². The summed E-state index contributed by atoms with van der Waals surface area (Å²) in [6.45, 7) is 4.35. The Morgan fingerprint density at radius 3 is 2.48 bits per heavy atom. The summed E-state index contributed by atoms with van der Waals surface area (Å²) in [5.41, 5.74) is 4.26. The van der Waals surface area contributed by atoms with E-state index < -0.39 is 0 Å². The third kappa shape index (κ3) is 3.61. The first-order chi connectivity index (χ1) is 12.1. The van der Waals surface area contributed by atoms with Crippen molar-refractivity contribution in [3.8, 4) is 22.9 Å². The van der Waals surface area contributed by atoms with Gasteiger partial charge < -0.3 is 9.72 Å². The molecule has 4 heteroatoms. The second-order valence-electron chi connectivity index (χ2n) is 5.92. The van der Waals surface area contributed by atoms with Crippen LogP contribution in [0.1, 0.15) is 22.4 Å². The quantitative estimate of drug-likeness (QED) is 0.783. The first-order valence-corrected chi connectivity index (χ1v) is 8.00. The molecule has 1 heterocycles. The Bertz CT molecular complexity index is 996. The monoisotopic (exact) mass is 330 g/mol. The second-order valence-corrected chi connectivity index (χ2v) is 5.92. The Balaban J connectivity index is 1.83. The number of pyridine rings is 1. The van der Waals surface area contributed by atoms with Crippen LogP contribution >= 0.6 is 0 Å². The normalized spacial score (nSPS) is 10.3. The van der Waals surface area contributed by atoms with Gasteiger partial charge in [-0.2, -0.15) is 5.26 Å². The molecule has 124 valence electrons. The van der Waals surface area contributed by atoms with E-state index in [-0.39, 0.29) is 11.1 Å². The molecule has 2 aromatic carbocycles. The standard InChI is InChI=1S/C21H18N2O2/c1-14-5-3-4-6-17(14)13-25-18-9-7-16(8-10-18)19-11-15(2)23-21(24)20(19)12-22/h3-11H,13H2,1-2H3,(H,23,24). The maximum absolute atomic E-state index is 11.9. The summed E-state index contributed by atoms with van der Waals surface area (Å²) in [6, 6.07) is 19.3. The van der Waals surface area contributed by atoms with Gasteiger partial charge in [0, 0.05) is 11.3 Å². The molecule has 0 aliphatic rings. The lowest BCUT2D eigenvalue weighted by Gasteiger charge is -2.10. The minimum atomic E-state index is -0.364. The van der Waals surface area contributed by atoms with Crippen LogP contribution in [-0.2, 0) is 6.61 Å². The number of ether oxygens (including phenoxy) is 1. The molecule has 0 fully saturated rings. The van der Waals surface area contributed by atoms with Crippen molar-refractivity contribution < 1.29 is 4.74 Å². The molecule has 3 rings (SSSR count). The number of aromatic amines is 1. The van der Waals surface area contributed by atoms with Crippen molar-refractivity contribution in [3.63, 3.8) is 0 Å². The summed E-state index contributed by atoms with van der Waals surface area (Å²) >= 11 is 0. The molecule has 0 aliphatic heterocycles. The smallest absolute Gasteiger partial charge is 0.266 e. The number of nitriles is 1. The molecular weight excluding hydrogens is 312 g/mol. The van der Waals surface area contributed by atoms with Gasteiger partial charge in [-0.05, 0) is 48.7 Å². The van der Waals surface area contributed by atoms with Crippen LogP contribution in [0.5, 0.6) is 5.75 Å². The predicted octanol–water partition coefficient (Wildman–Crippen LogP) is 4.11. The van der Waals surface area contributed by atoms with E-state index in [2.05, 4.69) is 18.0 Å². The molecule has 1 N–H and O–H groups in total. The summed E-state index contributed by atoms with van der Waals surface area (Å²) in [4.78, 5) is 14.6. The molecule has 25 heavy (non-hydrogen) atoms. The summed E-state index contributed by atoms with van der Waals surface area (Å²) in [5, 5.41) is 9.25. The van der Waals surface area contributed by atoms with Gasteiger partial charge in [0.25, 0.3) is 5.56 Å². The van der Waals surface area contributed by atoms with Crippen LogP contribution in [0.2, 0.25) is 0 Å². The third-order valence-electron chi connectivity index (χ3n) is 4.10. The number of hydrogen-bond acceptors (Lipinski definition) is 3. The van der Waals surface area contributed by atoms with Gasteiger partial charge in [-0.25, -0.2) is 0 Å². The zero-order valence-electron chi connectivity index (χ0n) is 14.2. The highest BCUT2D eigenvalue weighted by atomic mass is 16.5. The van der Waals surface area contributed by atoms with Gasteiger partial charge >= 0.3 is 0 Å². The maximum atomic E-state index is 11.9. The Hall–Kier alpha value is -3.32. The summed E-state index contributed by atoms with van der Waals surface area (Å²) in [6.07, 6.45) is 0. The first kappa shape index (κ1) is 16.5. The number of nitrogens with one attached hydrogen (secondary N) is 1. The van der Waals surface area contributed by atoms with Crippen molar-refractivity contribution in [2.75, 3.05) is 0 Å². The highest BCUT2D eigenvalue weighted by molar-refractivity contribution is 5.70. The van der Waals surface area contributed by atoms with Crippen LogP contribution in [0.15, 0.2) is 59.4 Å². The van der Waals surface area contributed by atoms with Gasteiger partial charge in [-0.15, -0.1) is 0 Å². The Kier molecular flexibility index (Phi) is 4.67. The van der Waals surface area contributed by atoms with Crippen molar-refractivity contribution in [1.29, 1.82) is 5.26 Å². The Morgan fingerprint density at radius 1 is 1.08 bits per heavy atom. The molecule has 0 saturated heterocycles. The number of benzene rings is 2. The molecule has 3 aromatic rings. The SMILES string of the molecule is Cc1cc(-c2ccc(OCc3ccccc3C)cc2)c(C#N)c(=O)[nH]1. The Labute approximate surface area is 146 Å². The first-order valence-electron chi connectivity index (χ1n) is 8.00. The van der Waals surface area contributed by atoms with Crippen molar-refractivity contribution in [2.45, 2.75) is 20.5 Å². The van der Waals surface area contributed by atoms with Crippen LogP contribution in [0, 0.1) is 25.2 Å². The fourth-order valence-corrected chi connectivity index (χ4v) is 2.69. The average Bonchev–Trinajstić information content (AvgIpc) is 2.61. The largest absolute Gasteiger partial charge is 0.489 e. The lowest BCUT2D eigenvalue weighted by molar-refractivity contribution is 0.305. The topological polar surface area (TPSA) is 65.9 Å². The van der Waals surface area contributed by atoms with Crippen molar-refractivity contribution in [1.82, 2.24) is 4.98 Å². The Morgan fingerprint density at radius 2 is 1.80 bits per heavy atom. The third-order valence-corrected chi connectivity index (χ3v) is 4.10. The molecule has 1 aromatic heterocycles. The number of nitrogens with zero attached hydrogens (tertiary/aromatic N) is 1. The van der Waals surface area contributed by atoms with Crippen molar-refractivity contribution >= 4 is 0 Å². The lowest BCUT2D eigenvalue weighted by Crippen LogP contribution is -2.12. The van der Waals surface area contributed by atoms with E-state index in [0.717, 1.165) is 22.6 Å². The van der Waals surface area contributed by atoms with Crippen LogP contribution in [0.4, 0.5) is 0 Å². The number of H-pyrrole nitrogens is 1. The maximum Gasteiger partial charge on any atom is 0.266 e. The predicted molar refractivity (Wildman–Crippen MR) is 97.5 cm³/mol. The number of aryl methyl sites for hydroxylation is 2. The van der Waals surface area contributed by atoms with Gasteiger partial charge in [0.15, 0.2) is 0 Å². The molecule has 0 aliphatic carbocycles. The molecule has 0 radical (unpaired) electrons. The summed E-state index contributed by atoms with van der Waals surface area (Å²) in [5.74, 6) is 0.743. The van der Waals surface area contributed by atoms with E-state index >= 15 is 0 Å². The molecule has 4 nitrogen and oxygen atoms in total. The average molecular weight is 330 g/mol. The van der Waals surface area contributed by atoms with Gasteiger partial charge in [-0.1, -0.05) is 36.4 Å². The zero-order chi connectivity index (χ0) is 17.8. The molecule has 0 bridgehead atoms. The number of hydrogen-bond donors (Lipinski definition) is 1. The molecule has 0 saturated carbocycles. The fraction of sp³-hybridized carbons (Fsp3) is 0.143. The van der Waals surface area contributed by atoms with Gasteiger partial charge in [0.2, 0.25) is 0 Å². The summed E-state index contributed by atoms with van der Waals surface area (Å²) in [7, 11) is 0. The van der Waals surface area contributed by atoms with E-state index in [0.29, 0.717) is 12.2 Å². The van der Waals surface area contributed by atoms with E-state index in [1.165, 1.54) is 5.56 Å². The van der Waals surface area contributed by atoms with Gasteiger partial charge in [0.05, 0.1) is 0 Å². The van der Waals surface area contributed by atoms with E-state index in [1.807, 2.05) is 54.6 Å². The number of aromatic nitrogens is 1. The van der Waals surface area contributed by atoms with Gasteiger partial charge in [-0.3, -0.25) is 4.79 Å². The highest BCUT2D eigenvalue weighted by Gasteiger charge is 2.10. The van der Waals surface area contributed by atoms with Crippen molar-refractivity contribution in [3.05, 3.63) is 87.3 Å². The van der Waals surface area contributed by atoms with Crippen LogP contribution in [-0.4, -0.2) is 4.98 Å². The van der Waals surface area contributed by atoms with Gasteiger partial charge in [0.1, 0.15) is 24.0 Å². The van der Waals surface area contributed by atoms with Crippen LogP contribution in [0.25, 0.3) is 11.1 Å². The molecule has 0 amide bonds. The minimum absolute atomic E-state index is 0.124. The molecule has 0 unspecified atom stereocenters. The number of rotatable bonds is 4. The summed E-state index contributed by atoms with van der Waals surface area (Å²) < 4.78 is 5.83. The molecular formula is C21H18N2O2. The highest BCUT2D eigenvalue weighted by Crippen LogP contribution is 2.25. The van der Waals surface area contributed by atoms with Crippen LogP contribution in [0.3, 0.4) is 0 Å².